The van der Waals surface area contributed by atoms with Gasteiger partial charge in [-0.25, -0.2) is 0 Å². The molecule has 0 fully saturated rings. The molecule has 84 valence electrons. The highest BCUT2D eigenvalue weighted by atomic mass is 19.4. The molecule has 0 spiro atoms. The number of hydrogen-bond acceptors (Lipinski definition) is 0. The maximum absolute atomic E-state index is 12.3. The second-order valence-electron chi connectivity index (χ2n) is 3.07. The second-order valence-corrected chi connectivity index (χ2v) is 3.07. The van der Waals surface area contributed by atoms with Crippen LogP contribution in [0.25, 0.3) is 0 Å². The van der Waals surface area contributed by atoms with E-state index in [0.29, 0.717) is 6.07 Å². The Labute approximate surface area is 82.0 Å². The van der Waals surface area contributed by atoms with Crippen LogP contribution >= 0.6 is 0 Å². The van der Waals surface area contributed by atoms with Crippen molar-refractivity contribution in [3.05, 3.63) is 29.8 Å². The molecular formula is C8H6BF6-. The van der Waals surface area contributed by atoms with Crippen LogP contribution in [-0.2, 0) is 6.42 Å². The van der Waals surface area contributed by atoms with E-state index in [1.54, 1.807) is 0 Å². The summed E-state index contributed by atoms with van der Waals surface area (Å²) in [5.41, 5.74) is -1.90. The summed E-state index contributed by atoms with van der Waals surface area (Å²) in [6.07, 6.45) is -6.18. The predicted octanol–water partition coefficient (Wildman–Crippen LogP) is 2.85. The Morgan fingerprint density at radius 1 is 1.00 bits per heavy atom. The highest BCUT2D eigenvalue weighted by Gasteiger charge is 2.33. The Balaban J connectivity index is 3.08. The van der Waals surface area contributed by atoms with Gasteiger partial charge in [0.25, 0.3) is 0 Å². The summed E-state index contributed by atoms with van der Waals surface area (Å²) in [4.78, 5) is 0. The highest BCUT2D eigenvalue weighted by Crippen LogP contribution is 2.22. The normalized spacial score (nSPS) is 12.9. The standard InChI is InChI=1S/C8H6BF6/c10-8(11,12)5-6-3-1-2-4-7(6)9(13,14)15/h1-4H,5H2/q-1. The zero-order chi connectivity index (χ0) is 11.7. The molecule has 7 heteroatoms. The van der Waals surface area contributed by atoms with Crippen LogP contribution in [0, 0.1) is 0 Å². The average Bonchev–Trinajstić information content (AvgIpc) is 1.99. The highest BCUT2D eigenvalue weighted by molar-refractivity contribution is 6.74. The van der Waals surface area contributed by atoms with Crippen molar-refractivity contribution in [1.29, 1.82) is 0 Å². The molecule has 0 aliphatic heterocycles. The lowest BCUT2D eigenvalue weighted by molar-refractivity contribution is -0.127. The van der Waals surface area contributed by atoms with E-state index in [1.165, 1.54) is 0 Å². The molecule has 0 N–H and O–H groups in total. The number of rotatable bonds is 2. The topological polar surface area (TPSA) is 0 Å². The smallest absolute Gasteiger partial charge is 0.445 e. The van der Waals surface area contributed by atoms with Gasteiger partial charge in [0.05, 0.1) is 6.42 Å². The fourth-order valence-electron chi connectivity index (χ4n) is 1.23. The lowest BCUT2D eigenvalue weighted by Crippen LogP contribution is -2.38. The molecule has 0 aromatic heterocycles. The largest absolute Gasteiger partial charge is 0.509 e. The van der Waals surface area contributed by atoms with Gasteiger partial charge < -0.3 is 12.9 Å². The summed E-state index contributed by atoms with van der Waals surface area (Å²) in [5.74, 6) is 0. The Hall–Kier alpha value is -1.14. The molecule has 0 unspecified atom stereocenters. The van der Waals surface area contributed by atoms with Crippen molar-refractivity contribution >= 4 is 12.4 Å². The Kier molecular flexibility index (Phi) is 3.01. The zero-order valence-corrected chi connectivity index (χ0v) is 7.36. The number of alkyl halides is 3. The minimum Gasteiger partial charge on any atom is -0.445 e. The third-order valence-corrected chi connectivity index (χ3v) is 1.80. The molecule has 0 nitrogen and oxygen atoms in total. The van der Waals surface area contributed by atoms with Gasteiger partial charge in [-0.2, -0.15) is 13.2 Å². The summed E-state index contributed by atoms with van der Waals surface area (Å²) in [6.45, 7) is -5.39. The van der Waals surface area contributed by atoms with E-state index in [4.69, 9.17) is 0 Å². The van der Waals surface area contributed by atoms with Gasteiger partial charge in [-0.15, -0.1) is 5.46 Å². The maximum Gasteiger partial charge on any atom is 0.509 e. The molecule has 0 bridgehead atoms. The van der Waals surface area contributed by atoms with Crippen LogP contribution in [0.1, 0.15) is 5.56 Å². The van der Waals surface area contributed by atoms with E-state index < -0.39 is 30.6 Å². The van der Waals surface area contributed by atoms with Gasteiger partial charge in [-0.3, -0.25) is 0 Å². The third kappa shape index (κ3) is 3.49. The molecule has 0 heterocycles. The van der Waals surface area contributed by atoms with Crippen LogP contribution in [-0.4, -0.2) is 13.2 Å². The average molecular weight is 227 g/mol. The first-order valence-electron chi connectivity index (χ1n) is 4.04. The lowest BCUT2D eigenvalue weighted by Gasteiger charge is -2.20. The molecule has 0 saturated carbocycles. The molecule has 0 aliphatic rings. The second kappa shape index (κ2) is 3.79. The zero-order valence-electron chi connectivity index (χ0n) is 7.36. The van der Waals surface area contributed by atoms with Gasteiger partial charge in [0, 0.05) is 0 Å². The van der Waals surface area contributed by atoms with E-state index >= 15 is 0 Å². The Morgan fingerprint density at radius 3 is 2.00 bits per heavy atom. The van der Waals surface area contributed by atoms with Gasteiger partial charge in [0.1, 0.15) is 0 Å². The Bertz CT molecular complexity index is 340. The van der Waals surface area contributed by atoms with Gasteiger partial charge in [-0.05, 0) is 0 Å². The van der Waals surface area contributed by atoms with Gasteiger partial charge in [0.15, 0.2) is 0 Å². The molecule has 0 atom stereocenters. The summed E-state index contributed by atoms with van der Waals surface area (Å²) in [5, 5.41) is 0. The van der Waals surface area contributed by atoms with Crippen molar-refractivity contribution in [1.82, 2.24) is 0 Å². The fraction of sp³-hybridized carbons (Fsp3) is 0.250. The molecule has 1 aromatic rings. The van der Waals surface area contributed by atoms with Crippen molar-refractivity contribution < 1.29 is 26.1 Å². The molecular weight excluding hydrogens is 221 g/mol. The van der Waals surface area contributed by atoms with Gasteiger partial charge >= 0.3 is 13.2 Å². The summed E-state index contributed by atoms with van der Waals surface area (Å²) in [6, 6.07) is 3.75. The Morgan fingerprint density at radius 2 is 1.53 bits per heavy atom. The van der Waals surface area contributed by atoms with Crippen molar-refractivity contribution in [2.24, 2.45) is 0 Å². The first-order chi connectivity index (χ1) is 6.70. The van der Waals surface area contributed by atoms with E-state index in [-0.39, 0.29) is 0 Å². The lowest BCUT2D eigenvalue weighted by atomic mass is 9.76. The fourth-order valence-corrected chi connectivity index (χ4v) is 1.23. The molecule has 1 aromatic carbocycles. The summed E-state index contributed by atoms with van der Waals surface area (Å²) >= 11 is 0. The van der Waals surface area contributed by atoms with E-state index in [9.17, 15) is 26.1 Å². The number of hydrogen-bond donors (Lipinski definition) is 0. The van der Waals surface area contributed by atoms with E-state index in [2.05, 4.69) is 0 Å². The predicted molar refractivity (Wildman–Crippen MR) is 44.9 cm³/mol. The summed E-state index contributed by atoms with van der Waals surface area (Å²) in [7, 11) is 0. The molecule has 0 saturated heterocycles. The van der Waals surface area contributed by atoms with E-state index in [0.717, 1.165) is 18.2 Å². The third-order valence-electron chi connectivity index (χ3n) is 1.80. The minimum absolute atomic E-state index is 0.668. The minimum atomic E-state index is -5.39. The van der Waals surface area contributed by atoms with Crippen LogP contribution in [0.2, 0.25) is 0 Å². The monoisotopic (exact) mass is 227 g/mol. The van der Waals surface area contributed by atoms with Crippen LogP contribution in [0.3, 0.4) is 0 Å². The van der Waals surface area contributed by atoms with Crippen molar-refractivity contribution in [3.63, 3.8) is 0 Å². The van der Waals surface area contributed by atoms with Crippen LogP contribution < -0.4 is 5.46 Å². The van der Waals surface area contributed by atoms with Gasteiger partial charge in [-0.1, -0.05) is 29.8 Å². The first kappa shape index (κ1) is 11.9. The molecule has 0 amide bonds. The number of halogens is 6. The van der Waals surface area contributed by atoms with E-state index in [1.807, 2.05) is 0 Å². The summed E-state index contributed by atoms with van der Waals surface area (Å²) < 4.78 is 72.8. The van der Waals surface area contributed by atoms with Crippen molar-refractivity contribution in [2.45, 2.75) is 12.6 Å². The quantitative estimate of drug-likeness (QED) is 0.538. The number of benzene rings is 1. The first-order valence-corrected chi connectivity index (χ1v) is 4.04. The van der Waals surface area contributed by atoms with Crippen molar-refractivity contribution in [3.8, 4) is 0 Å². The molecule has 0 aliphatic carbocycles. The molecule has 1 rings (SSSR count). The van der Waals surface area contributed by atoms with Crippen LogP contribution in [0.5, 0.6) is 0 Å². The molecule has 15 heavy (non-hydrogen) atoms. The van der Waals surface area contributed by atoms with Crippen LogP contribution in [0.4, 0.5) is 26.1 Å². The molecule has 0 radical (unpaired) electrons. The van der Waals surface area contributed by atoms with Crippen molar-refractivity contribution in [2.75, 3.05) is 0 Å². The maximum atomic E-state index is 12.3. The van der Waals surface area contributed by atoms with Crippen LogP contribution in [0.15, 0.2) is 24.3 Å². The SMILES string of the molecule is F[B-](F)(F)c1ccccc1CC(F)(F)F. The van der Waals surface area contributed by atoms with Gasteiger partial charge in [0.2, 0.25) is 0 Å².